The number of benzene rings is 1. The number of anilines is 2. The molecule has 1 aromatic carbocycles. The summed E-state index contributed by atoms with van der Waals surface area (Å²) in [4.78, 5) is 21.1. The number of alkyl halides is 3. The Labute approximate surface area is 152 Å². The topological polar surface area (TPSA) is 72.1 Å². The van der Waals surface area contributed by atoms with Crippen LogP contribution in [0.5, 0.6) is 0 Å². The number of carbonyl (C=O) groups is 1. The predicted octanol–water partition coefficient (Wildman–Crippen LogP) is 4.43. The van der Waals surface area contributed by atoms with Gasteiger partial charge in [-0.15, -0.1) is 0 Å². The van der Waals surface area contributed by atoms with E-state index in [2.05, 4.69) is 9.97 Å². The molecule has 0 saturated carbocycles. The van der Waals surface area contributed by atoms with Gasteiger partial charge in [0.1, 0.15) is 5.69 Å². The molecule has 132 valence electrons. The third-order valence-corrected chi connectivity index (χ3v) is 4.51. The zero-order valence-corrected chi connectivity index (χ0v) is 14.7. The van der Waals surface area contributed by atoms with Crippen LogP contribution in [0.4, 0.5) is 25.2 Å². The zero-order valence-electron chi connectivity index (χ0n) is 13.2. The average molecular weight is 387 g/mol. The van der Waals surface area contributed by atoms with Gasteiger partial charge in [-0.2, -0.15) is 8.78 Å². The SMILES string of the molecule is Cc1cccc(Cl)c1N(C(N)=O)c1nc2c(c(C(F)(F)Cl)n1)CCC2. The van der Waals surface area contributed by atoms with Crippen molar-refractivity contribution in [2.24, 2.45) is 5.73 Å². The molecule has 0 aliphatic heterocycles. The molecule has 5 nitrogen and oxygen atoms in total. The lowest BCUT2D eigenvalue weighted by molar-refractivity contribution is 0.0888. The van der Waals surface area contributed by atoms with Gasteiger partial charge < -0.3 is 5.73 Å². The molecule has 2 amide bonds. The largest absolute Gasteiger partial charge is 0.365 e. The van der Waals surface area contributed by atoms with Crippen LogP contribution in [0.3, 0.4) is 0 Å². The number of aromatic nitrogens is 2. The van der Waals surface area contributed by atoms with Gasteiger partial charge >= 0.3 is 11.4 Å². The molecule has 1 aliphatic rings. The Morgan fingerprint density at radius 2 is 2.04 bits per heavy atom. The number of urea groups is 1. The molecule has 0 radical (unpaired) electrons. The first kappa shape index (κ1) is 17.8. The number of aryl methyl sites for hydroxylation is 2. The van der Waals surface area contributed by atoms with E-state index in [1.165, 1.54) is 0 Å². The number of primary amides is 1. The first-order valence-electron chi connectivity index (χ1n) is 7.52. The minimum absolute atomic E-state index is 0.224. The Morgan fingerprint density at radius 1 is 1.32 bits per heavy atom. The highest BCUT2D eigenvalue weighted by atomic mass is 35.5. The van der Waals surface area contributed by atoms with Crippen molar-refractivity contribution in [1.82, 2.24) is 9.97 Å². The maximum atomic E-state index is 13.8. The van der Waals surface area contributed by atoms with Gasteiger partial charge in [0.05, 0.1) is 10.7 Å². The zero-order chi connectivity index (χ0) is 18.4. The van der Waals surface area contributed by atoms with Gasteiger partial charge in [0, 0.05) is 11.3 Å². The van der Waals surface area contributed by atoms with Crippen LogP contribution < -0.4 is 10.6 Å². The summed E-state index contributed by atoms with van der Waals surface area (Å²) in [6.07, 6.45) is 1.57. The van der Waals surface area contributed by atoms with E-state index < -0.39 is 17.1 Å². The van der Waals surface area contributed by atoms with Crippen LogP contribution in [0.15, 0.2) is 18.2 Å². The number of nitrogens with two attached hydrogens (primary N) is 1. The van der Waals surface area contributed by atoms with E-state index in [4.69, 9.17) is 28.9 Å². The molecule has 25 heavy (non-hydrogen) atoms. The Hall–Kier alpha value is -1.99. The number of nitrogens with zero attached hydrogens (tertiary/aromatic N) is 3. The van der Waals surface area contributed by atoms with Crippen LogP contribution in [0.2, 0.25) is 5.02 Å². The molecule has 0 saturated heterocycles. The molecule has 0 spiro atoms. The molecule has 3 rings (SSSR count). The minimum atomic E-state index is -3.68. The quantitative estimate of drug-likeness (QED) is 0.792. The van der Waals surface area contributed by atoms with Crippen molar-refractivity contribution in [2.75, 3.05) is 4.90 Å². The maximum Gasteiger partial charge on any atom is 0.365 e. The van der Waals surface area contributed by atoms with Crippen molar-refractivity contribution in [1.29, 1.82) is 0 Å². The molecule has 0 bridgehead atoms. The van der Waals surface area contributed by atoms with Crippen molar-refractivity contribution in [3.05, 3.63) is 45.7 Å². The minimum Gasteiger partial charge on any atom is -0.351 e. The van der Waals surface area contributed by atoms with Crippen LogP contribution in [0.1, 0.15) is 28.9 Å². The third kappa shape index (κ3) is 3.26. The normalized spacial score (nSPS) is 13.6. The number of hydrogen-bond acceptors (Lipinski definition) is 3. The van der Waals surface area contributed by atoms with Gasteiger partial charge in [0.2, 0.25) is 5.95 Å². The summed E-state index contributed by atoms with van der Waals surface area (Å²) < 4.78 is 27.7. The summed E-state index contributed by atoms with van der Waals surface area (Å²) in [7, 11) is 0. The van der Waals surface area contributed by atoms with Gasteiger partial charge in [0.15, 0.2) is 0 Å². The fourth-order valence-corrected chi connectivity index (χ4v) is 3.43. The fraction of sp³-hybridized carbons (Fsp3) is 0.312. The Bertz CT molecular complexity index is 835. The second-order valence-corrected chi connectivity index (χ2v) is 6.61. The molecule has 2 N–H and O–H groups in total. The lowest BCUT2D eigenvalue weighted by Gasteiger charge is -2.23. The van der Waals surface area contributed by atoms with Gasteiger partial charge in [-0.25, -0.2) is 19.7 Å². The first-order valence-corrected chi connectivity index (χ1v) is 8.27. The highest BCUT2D eigenvalue weighted by molar-refractivity contribution is 6.34. The second kappa shape index (κ2) is 6.38. The monoisotopic (exact) mass is 386 g/mol. The Kier molecular flexibility index (Phi) is 4.55. The molecule has 1 heterocycles. The molecule has 1 aromatic heterocycles. The predicted molar refractivity (Wildman–Crippen MR) is 91.7 cm³/mol. The van der Waals surface area contributed by atoms with Gasteiger partial charge in [-0.05, 0) is 49.4 Å². The second-order valence-electron chi connectivity index (χ2n) is 5.73. The highest BCUT2D eigenvalue weighted by Crippen LogP contribution is 2.40. The smallest absolute Gasteiger partial charge is 0.351 e. The van der Waals surface area contributed by atoms with Crippen molar-refractivity contribution < 1.29 is 13.6 Å². The van der Waals surface area contributed by atoms with Crippen LogP contribution >= 0.6 is 23.2 Å². The van der Waals surface area contributed by atoms with Crippen molar-refractivity contribution in [3.8, 4) is 0 Å². The maximum absolute atomic E-state index is 13.8. The lowest BCUT2D eigenvalue weighted by Crippen LogP contribution is -2.34. The molecule has 9 heteroatoms. The number of hydrogen-bond donors (Lipinski definition) is 1. The molecular formula is C16H14Cl2F2N4O. The van der Waals surface area contributed by atoms with Crippen molar-refractivity contribution >= 4 is 40.9 Å². The van der Waals surface area contributed by atoms with Gasteiger partial charge in [-0.1, -0.05) is 23.7 Å². The molecule has 0 fully saturated rings. The van der Waals surface area contributed by atoms with E-state index >= 15 is 0 Å². The number of para-hydroxylation sites is 1. The summed E-state index contributed by atoms with van der Waals surface area (Å²) in [5.74, 6) is -0.264. The van der Waals surface area contributed by atoms with Crippen LogP contribution in [0, 0.1) is 6.92 Å². The van der Waals surface area contributed by atoms with Crippen molar-refractivity contribution in [2.45, 2.75) is 31.6 Å². The summed E-state index contributed by atoms with van der Waals surface area (Å²) in [6.45, 7) is 1.71. The average Bonchev–Trinajstić information content (AvgIpc) is 2.96. The van der Waals surface area contributed by atoms with Crippen LogP contribution in [-0.4, -0.2) is 16.0 Å². The van der Waals surface area contributed by atoms with E-state index in [9.17, 15) is 13.6 Å². The van der Waals surface area contributed by atoms with Gasteiger partial charge in [-0.3, -0.25) is 0 Å². The van der Waals surface area contributed by atoms with E-state index in [1.54, 1.807) is 25.1 Å². The number of halogens is 4. The first-order chi connectivity index (χ1) is 11.7. The summed E-state index contributed by atoms with van der Waals surface area (Å²) >= 11 is 11.4. The number of rotatable bonds is 3. The lowest BCUT2D eigenvalue weighted by atomic mass is 10.1. The molecule has 0 atom stereocenters. The molecule has 2 aromatic rings. The molecular weight excluding hydrogens is 373 g/mol. The molecule has 0 unspecified atom stereocenters. The fourth-order valence-electron chi connectivity index (χ4n) is 2.97. The number of fused-ring (bicyclic) bond motifs is 1. The summed E-state index contributed by atoms with van der Waals surface area (Å²) in [5, 5.41) is -3.45. The van der Waals surface area contributed by atoms with E-state index in [0.717, 1.165) is 4.90 Å². The Balaban J connectivity index is 2.24. The highest BCUT2D eigenvalue weighted by Gasteiger charge is 2.37. The van der Waals surface area contributed by atoms with Crippen LogP contribution in [-0.2, 0) is 18.2 Å². The Morgan fingerprint density at radius 3 is 2.64 bits per heavy atom. The standard InChI is InChI=1S/C16H14Cl2F2N4O/c1-8-4-2-6-10(17)12(8)24(14(21)25)15-22-11-7-3-5-9(11)13(23-15)16(18,19)20/h2,4,6H,3,5,7H2,1H3,(H2,21,25). The van der Waals surface area contributed by atoms with Crippen molar-refractivity contribution in [3.63, 3.8) is 0 Å². The van der Waals surface area contributed by atoms with E-state index in [-0.39, 0.29) is 16.7 Å². The number of carbonyl (C=O) groups excluding carboxylic acids is 1. The van der Waals surface area contributed by atoms with E-state index in [0.29, 0.717) is 36.1 Å². The number of amides is 2. The van der Waals surface area contributed by atoms with Gasteiger partial charge in [0.25, 0.3) is 0 Å². The van der Waals surface area contributed by atoms with E-state index in [1.807, 2.05) is 0 Å². The summed E-state index contributed by atoms with van der Waals surface area (Å²) in [5.41, 5.74) is 6.51. The third-order valence-electron chi connectivity index (χ3n) is 4.02. The molecule has 1 aliphatic carbocycles. The van der Waals surface area contributed by atoms with Crippen LogP contribution in [0.25, 0.3) is 0 Å². The summed E-state index contributed by atoms with van der Waals surface area (Å²) in [6, 6.07) is 4.03.